The Morgan fingerprint density at radius 1 is 1.11 bits per heavy atom. The Hall–Kier alpha value is -1.77. The van der Waals surface area contributed by atoms with Gasteiger partial charge in [0.05, 0.1) is 5.69 Å². The third-order valence-electron chi connectivity index (χ3n) is 3.23. The summed E-state index contributed by atoms with van der Waals surface area (Å²) in [6.07, 6.45) is 0. The number of benzene rings is 1. The van der Waals surface area contributed by atoms with Crippen molar-refractivity contribution in [2.24, 2.45) is 0 Å². The monoisotopic (exact) mass is 258 g/mol. The van der Waals surface area contributed by atoms with Crippen LogP contribution in [0.1, 0.15) is 51.8 Å². The molecule has 0 spiro atoms. The molecule has 102 valence electrons. The second kappa shape index (κ2) is 4.72. The highest BCUT2D eigenvalue weighted by atomic mass is 16.4. The Kier molecular flexibility index (Phi) is 3.40. The molecular weight excluding hydrogens is 236 g/mol. The SMILES string of the molecule is CC(C)c1nc(N)oc1-c1ccc(C(C)(C)C)cc1. The van der Waals surface area contributed by atoms with Gasteiger partial charge in [0.2, 0.25) is 0 Å². The molecule has 1 aromatic carbocycles. The number of nitrogen functional groups attached to an aromatic ring is 1. The van der Waals surface area contributed by atoms with Crippen molar-refractivity contribution in [3.8, 4) is 11.3 Å². The zero-order valence-corrected chi connectivity index (χ0v) is 12.3. The van der Waals surface area contributed by atoms with Gasteiger partial charge in [0, 0.05) is 5.56 Å². The van der Waals surface area contributed by atoms with E-state index in [-0.39, 0.29) is 11.4 Å². The fraction of sp³-hybridized carbons (Fsp3) is 0.438. The van der Waals surface area contributed by atoms with Crippen LogP contribution in [0.3, 0.4) is 0 Å². The van der Waals surface area contributed by atoms with Gasteiger partial charge in [0.1, 0.15) is 0 Å². The Bertz CT molecular complexity index is 559. The summed E-state index contributed by atoms with van der Waals surface area (Å²) in [6.45, 7) is 10.8. The average molecular weight is 258 g/mol. The van der Waals surface area contributed by atoms with Crippen molar-refractivity contribution >= 4 is 6.01 Å². The molecular formula is C16H22N2O. The molecule has 3 heteroatoms. The number of aromatic nitrogens is 1. The molecule has 1 aromatic heterocycles. The van der Waals surface area contributed by atoms with Crippen molar-refractivity contribution in [2.45, 2.75) is 46.0 Å². The van der Waals surface area contributed by atoms with Gasteiger partial charge >= 0.3 is 0 Å². The first kappa shape index (κ1) is 13.7. The maximum atomic E-state index is 5.68. The van der Waals surface area contributed by atoms with E-state index in [1.165, 1.54) is 5.56 Å². The lowest BCUT2D eigenvalue weighted by Crippen LogP contribution is -2.10. The summed E-state index contributed by atoms with van der Waals surface area (Å²) in [5.41, 5.74) is 9.08. The van der Waals surface area contributed by atoms with E-state index < -0.39 is 0 Å². The standard InChI is InChI=1S/C16H22N2O/c1-10(2)13-14(19-15(17)18-13)11-6-8-12(9-7-11)16(3,4)5/h6-10H,1-5H3,(H2,17,18). The molecule has 2 aromatic rings. The van der Waals surface area contributed by atoms with Crippen LogP contribution in [0.25, 0.3) is 11.3 Å². The number of nitrogens with two attached hydrogens (primary N) is 1. The van der Waals surface area contributed by atoms with Gasteiger partial charge in [-0.3, -0.25) is 0 Å². The first-order valence-corrected chi connectivity index (χ1v) is 6.66. The molecule has 0 fully saturated rings. The van der Waals surface area contributed by atoms with Gasteiger partial charge in [0.15, 0.2) is 5.76 Å². The Balaban J connectivity index is 2.43. The maximum absolute atomic E-state index is 5.68. The van der Waals surface area contributed by atoms with Crippen LogP contribution in [-0.2, 0) is 5.41 Å². The molecule has 1 heterocycles. The molecule has 0 unspecified atom stereocenters. The van der Waals surface area contributed by atoms with E-state index in [0.29, 0.717) is 5.92 Å². The van der Waals surface area contributed by atoms with E-state index in [4.69, 9.17) is 10.2 Å². The van der Waals surface area contributed by atoms with E-state index in [0.717, 1.165) is 17.0 Å². The molecule has 0 atom stereocenters. The average Bonchev–Trinajstić information content (AvgIpc) is 2.70. The van der Waals surface area contributed by atoms with Gasteiger partial charge in [-0.25, -0.2) is 0 Å². The number of nitrogens with zero attached hydrogens (tertiary/aromatic N) is 1. The summed E-state index contributed by atoms with van der Waals surface area (Å²) in [6, 6.07) is 8.66. The summed E-state index contributed by atoms with van der Waals surface area (Å²) < 4.78 is 5.55. The molecule has 0 amide bonds. The van der Waals surface area contributed by atoms with Crippen LogP contribution < -0.4 is 5.73 Å². The van der Waals surface area contributed by atoms with Crippen molar-refractivity contribution in [3.63, 3.8) is 0 Å². The van der Waals surface area contributed by atoms with Gasteiger partial charge in [-0.1, -0.05) is 58.9 Å². The minimum absolute atomic E-state index is 0.153. The van der Waals surface area contributed by atoms with Gasteiger partial charge < -0.3 is 10.2 Å². The number of rotatable bonds is 2. The van der Waals surface area contributed by atoms with Crippen molar-refractivity contribution < 1.29 is 4.42 Å². The second-order valence-electron chi connectivity index (χ2n) is 6.25. The molecule has 0 aliphatic rings. The Morgan fingerprint density at radius 3 is 2.16 bits per heavy atom. The van der Waals surface area contributed by atoms with Crippen molar-refractivity contribution in [1.82, 2.24) is 4.98 Å². The highest BCUT2D eigenvalue weighted by Gasteiger charge is 2.18. The quantitative estimate of drug-likeness (QED) is 0.871. The highest BCUT2D eigenvalue weighted by Crippen LogP contribution is 2.32. The molecule has 3 nitrogen and oxygen atoms in total. The second-order valence-corrected chi connectivity index (χ2v) is 6.25. The van der Waals surface area contributed by atoms with Crippen molar-refractivity contribution in [1.29, 1.82) is 0 Å². The largest absolute Gasteiger partial charge is 0.423 e. The Morgan fingerprint density at radius 2 is 1.68 bits per heavy atom. The van der Waals surface area contributed by atoms with Gasteiger partial charge in [0.25, 0.3) is 6.01 Å². The van der Waals surface area contributed by atoms with Crippen LogP contribution in [0, 0.1) is 0 Å². The molecule has 2 N–H and O–H groups in total. The Labute approximate surface area is 114 Å². The minimum Gasteiger partial charge on any atom is -0.423 e. The fourth-order valence-electron chi connectivity index (χ4n) is 2.07. The topological polar surface area (TPSA) is 52.0 Å². The molecule has 0 aliphatic carbocycles. The molecule has 0 saturated carbocycles. The van der Waals surface area contributed by atoms with E-state index in [2.05, 4.69) is 63.9 Å². The van der Waals surface area contributed by atoms with Crippen LogP contribution in [0.2, 0.25) is 0 Å². The van der Waals surface area contributed by atoms with E-state index >= 15 is 0 Å². The van der Waals surface area contributed by atoms with Gasteiger partial charge in [-0.05, 0) is 16.9 Å². The smallest absolute Gasteiger partial charge is 0.292 e. The molecule has 19 heavy (non-hydrogen) atoms. The fourth-order valence-corrected chi connectivity index (χ4v) is 2.07. The minimum atomic E-state index is 0.153. The predicted molar refractivity (Wildman–Crippen MR) is 79.1 cm³/mol. The number of oxazole rings is 1. The molecule has 0 saturated heterocycles. The van der Waals surface area contributed by atoms with Crippen molar-refractivity contribution in [3.05, 3.63) is 35.5 Å². The highest BCUT2D eigenvalue weighted by molar-refractivity contribution is 5.62. The van der Waals surface area contributed by atoms with Crippen LogP contribution >= 0.6 is 0 Å². The number of hydrogen-bond donors (Lipinski definition) is 1. The summed E-state index contributed by atoms with van der Waals surface area (Å²) in [4.78, 5) is 4.27. The first-order chi connectivity index (χ1) is 8.79. The number of anilines is 1. The number of hydrogen-bond acceptors (Lipinski definition) is 3. The zero-order chi connectivity index (χ0) is 14.2. The van der Waals surface area contributed by atoms with Gasteiger partial charge in [-0.2, -0.15) is 4.98 Å². The third kappa shape index (κ3) is 2.80. The predicted octanol–water partition coefficient (Wildman–Crippen LogP) is 4.34. The van der Waals surface area contributed by atoms with Crippen LogP contribution in [0.15, 0.2) is 28.7 Å². The summed E-state index contributed by atoms with van der Waals surface area (Å²) >= 11 is 0. The van der Waals surface area contributed by atoms with Crippen molar-refractivity contribution in [2.75, 3.05) is 5.73 Å². The normalized spacial score (nSPS) is 12.1. The first-order valence-electron chi connectivity index (χ1n) is 6.66. The maximum Gasteiger partial charge on any atom is 0.292 e. The van der Waals surface area contributed by atoms with Crippen LogP contribution in [0.5, 0.6) is 0 Å². The summed E-state index contributed by atoms with van der Waals surface area (Å²) in [7, 11) is 0. The van der Waals surface area contributed by atoms with E-state index in [9.17, 15) is 0 Å². The molecule has 0 bridgehead atoms. The van der Waals surface area contributed by atoms with E-state index in [1.54, 1.807) is 0 Å². The van der Waals surface area contributed by atoms with Crippen LogP contribution in [-0.4, -0.2) is 4.98 Å². The van der Waals surface area contributed by atoms with E-state index in [1.807, 2.05) is 0 Å². The summed E-state index contributed by atoms with van der Waals surface area (Å²) in [5.74, 6) is 1.08. The van der Waals surface area contributed by atoms with Gasteiger partial charge in [-0.15, -0.1) is 0 Å². The lowest BCUT2D eigenvalue weighted by Gasteiger charge is -2.19. The van der Waals surface area contributed by atoms with Crippen LogP contribution in [0.4, 0.5) is 6.01 Å². The molecule has 0 aliphatic heterocycles. The lowest BCUT2D eigenvalue weighted by molar-refractivity contribution is 0.586. The lowest BCUT2D eigenvalue weighted by atomic mass is 9.86. The summed E-state index contributed by atoms with van der Waals surface area (Å²) in [5, 5.41) is 0. The zero-order valence-electron chi connectivity index (χ0n) is 12.3. The molecule has 0 radical (unpaired) electrons. The third-order valence-corrected chi connectivity index (χ3v) is 3.23. The molecule has 2 rings (SSSR count).